The molecule has 0 spiro atoms. The molecule has 9 aromatic rings. The molecule has 9 rings (SSSR count). The maximum atomic E-state index is 6.36. The van der Waals surface area contributed by atoms with Gasteiger partial charge in [-0.1, -0.05) is 82.2 Å². The van der Waals surface area contributed by atoms with Gasteiger partial charge in [0.1, 0.15) is 5.65 Å². The Morgan fingerprint density at radius 2 is 1.33 bits per heavy atom. The summed E-state index contributed by atoms with van der Waals surface area (Å²) in [6, 6.07) is 33.0. The number of hydrogen-bond donors (Lipinski definition) is 0. The number of aromatic nitrogens is 6. The minimum atomic E-state index is 0. The van der Waals surface area contributed by atoms with Crippen LogP contribution in [0.15, 0.2) is 110 Å². The van der Waals surface area contributed by atoms with Crippen LogP contribution in [0.3, 0.4) is 0 Å². The number of pyridine rings is 4. The van der Waals surface area contributed by atoms with Crippen LogP contribution in [0.1, 0.15) is 0 Å². The van der Waals surface area contributed by atoms with Crippen LogP contribution in [0.4, 0.5) is 0 Å². The Bertz CT molecular complexity index is 2470. The molecule has 0 aliphatic rings. The summed E-state index contributed by atoms with van der Waals surface area (Å²) in [5, 5.41) is 4.72. The van der Waals surface area contributed by atoms with E-state index in [1.807, 2.05) is 71.4 Å². The average molecular weight is 722 g/mol. The van der Waals surface area contributed by atoms with Crippen molar-refractivity contribution in [1.82, 2.24) is 28.7 Å². The fraction of sp³-hybridized carbons (Fsp3) is 0. The minimum absolute atomic E-state index is 0. The summed E-state index contributed by atoms with van der Waals surface area (Å²) in [4.78, 5) is 18.9. The Labute approximate surface area is 253 Å². The first-order valence-corrected chi connectivity index (χ1v) is 13.2. The van der Waals surface area contributed by atoms with Gasteiger partial charge in [-0.25, -0.2) is 4.98 Å². The summed E-state index contributed by atoms with van der Waals surface area (Å²) < 4.78 is 10.4. The molecular formula is C34H18N6OPt. The zero-order chi connectivity index (χ0) is 26.9. The summed E-state index contributed by atoms with van der Waals surface area (Å²) in [7, 11) is 0. The summed E-state index contributed by atoms with van der Waals surface area (Å²) in [6.45, 7) is 0. The van der Waals surface area contributed by atoms with Crippen molar-refractivity contribution in [1.29, 1.82) is 0 Å². The molecule has 8 heteroatoms. The maximum Gasteiger partial charge on any atom is 2.00 e. The average Bonchev–Trinajstić information content (AvgIpc) is 3.71. The number of ether oxygens (including phenoxy) is 1. The first kappa shape index (κ1) is 24.6. The third-order valence-electron chi connectivity index (χ3n) is 7.53. The van der Waals surface area contributed by atoms with E-state index in [1.165, 1.54) is 0 Å². The molecule has 6 aromatic heterocycles. The van der Waals surface area contributed by atoms with Crippen LogP contribution in [0.5, 0.6) is 11.5 Å². The zero-order valence-corrected chi connectivity index (χ0v) is 24.1. The standard InChI is InChI=1S/C34H18N6O.Pt/c1-2-6-21(7-3-1)29-20-40-30-9-5-14-35-31(30)25-13-11-23(19-28(25)34(40)38-29)41-22-10-12-24-26-8-4-15-36-32(26)39-17-16-37-33(39)27(24)18-22;/h1-17,20H;/q-2;+2. The van der Waals surface area contributed by atoms with E-state index in [4.69, 9.17) is 14.7 Å². The summed E-state index contributed by atoms with van der Waals surface area (Å²) >= 11 is 0. The van der Waals surface area contributed by atoms with Gasteiger partial charge in [-0.05, 0) is 23.6 Å². The Morgan fingerprint density at radius 1 is 0.595 bits per heavy atom. The molecule has 42 heavy (non-hydrogen) atoms. The molecule has 0 radical (unpaired) electrons. The molecule has 0 unspecified atom stereocenters. The quantitative estimate of drug-likeness (QED) is 0.140. The van der Waals surface area contributed by atoms with E-state index >= 15 is 0 Å². The van der Waals surface area contributed by atoms with Crippen LogP contribution < -0.4 is 4.74 Å². The second-order valence-corrected chi connectivity index (χ2v) is 9.88. The van der Waals surface area contributed by atoms with Gasteiger partial charge in [0.2, 0.25) is 0 Å². The van der Waals surface area contributed by atoms with Gasteiger partial charge in [0.05, 0.1) is 28.0 Å². The van der Waals surface area contributed by atoms with Crippen LogP contribution in [-0.4, -0.2) is 28.7 Å². The topological polar surface area (TPSA) is 69.6 Å². The molecule has 0 bridgehead atoms. The number of nitrogens with zero attached hydrogens (tertiary/aromatic N) is 6. The Hall–Kier alpha value is -5.13. The molecular weight excluding hydrogens is 703 g/mol. The van der Waals surface area contributed by atoms with E-state index in [9.17, 15) is 0 Å². The largest absolute Gasteiger partial charge is 2.00 e. The first-order chi connectivity index (χ1) is 20.3. The molecule has 0 fully saturated rings. The second-order valence-electron chi connectivity index (χ2n) is 9.88. The van der Waals surface area contributed by atoms with Gasteiger partial charge in [-0.2, -0.15) is 0 Å². The molecule has 3 aromatic carbocycles. The van der Waals surface area contributed by atoms with Crippen molar-refractivity contribution in [3.05, 3.63) is 122 Å². The second kappa shape index (κ2) is 9.47. The summed E-state index contributed by atoms with van der Waals surface area (Å²) in [5.41, 5.74) is 6.24. The van der Waals surface area contributed by atoms with Crippen molar-refractivity contribution in [2.24, 2.45) is 0 Å². The van der Waals surface area contributed by atoms with Crippen molar-refractivity contribution in [3.63, 3.8) is 0 Å². The predicted molar refractivity (Wildman–Crippen MR) is 159 cm³/mol. The number of rotatable bonds is 3. The molecule has 0 atom stereocenters. The van der Waals surface area contributed by atoms with Gasteiger partial charge < -0.3 is 13.5 Å². The molecule has 200 valence electrons. The van der Waals surface area contributed by atoms with Crippen LogP contribution in [-0.2, 0) is 21.1 Å². The monoisotopic (exact) mass is 721 g/mol. The van der Waals surface area contributed by atoms with Crippen molar-refractivity contribution in [3.8, 4) is 22.8 Å². The molecule has 6 heterocycles. The summed E-state index contributed by atoms with van der Waals surface area (Å²) in [6.07, 6.45) is 9.36. The predicted octanol–water partition coefficient (Wildman–Crippen LogP) is 7.44. The van der Waals surface area contributed by atoms with Crippen LogP contribution in [0, 0.1) is 12.1 Å². The van der Waals surface area contributed by atoms with Crippen molar-refractivity contribution in [2.45, 2.75) is 0 Å². The van der Waals surface area contributed by atoms with E-state index in [0.717, 1.165) is 66.2 Å². The SMILES string of the molecule is [Pt+2].[c-]1c(Oc2[c-]c3c(cc2)c2cccnc2n2ccnc32)ccc2c1c1nc(-c3ccccc3)cn1c1cccnc21. The number of fused-ring (bicyclic) bond motifs is 12. The molecule has 0 N–H and O–H groups in total. The Balaban J connectivity index is 0.00000267. The molecule has 7 nitrogen and oxygen atoms in total. The van der Waals surface area contributed by atoms with Gasteiger partial charge in [-0.3, -0.25) is 15.0 Å². The van der Waals surface area contributed by atoms with Gasteiger partial charge in [0.25, 0.3) is 0 Å². The maximum absolute atomic E-state index is 6.36. The fourth-order valence-electron chi connectivity index (χ4n) is 5.71. The molecule has 0 amide bonds. The molecule has 0 aliphatic carbocycles. The van der Waals surface area contributed by atoms with E-state index in [2.05, 4.69) is 57.0 Å². The van der Waals surface area contributed by atoms with E-state index in [0.29, 0.717) is 11.5 Å². The van der Waals surface area contributed by atoms with Crippen LogP contribution in [0.2, 0.25) is 0 Å². The van der Waals surface area contributed by atoms with Crippen LogP contribution >= 0.6 is 0 Å². The smallest absolute Gasteiger partial charge is 0.497 e. The number of hydrogen-bond acceptors (Lipinski definition) is 5. The van der Waals surface area contributed by atoms with E-state index in [1.54, 1.807) is 12.4 Å². The zero-order valence-electron chi connectivity index (χ0n) is 21.8. The Kier molecular flexibility index (Phi) is 5.56. The van der Waals surface area contributed by atoms with Crippen molar-refractivity contribution >= 4 is 54.9 Å². The summed E-state index contributed by atoms with van der Waals surface area (Å²) in [5.74, 6) is 1.14. The van der Waals surface area contributed by atoms with E-state index < -0.39 is 0 Å². The van der Waals surface area contributed by atoms with Gasteiger partial charge in [0, 0.05) is 48.0 Å². The van der Waals surface area contributed by atoms with Crippen LogP contribution in [0.25, 0.3) is 66.2 Å². The molecule has 0 saturated heterocycles. The molecule has 0 saturated carbocycles. The normalized spacial score (nSPS) is 11.6. The molecule has 0 aliphatic heterocycles. The number of imidazole rings is 2. The van der Waals surface area contributed by atoms with Gasteiger partial charge >= 0.3 is 21.1 Å². The van der Waals surface area contributed by atoms with Crippen molar-refractivity contribution in [2.75, 3.05) is 0 Å². The first-order valence-electron chi connectivity index (χ1n) is 13.2. The third kappa shape index (κ3) is 3.64. The Morgan fingerprint density at radius 3 is 2.19 bits per heavy atom. The van der Waals surface area contributed by atoms with Gasteiger partial charge in [-0.15, -0.1) is 12.1 Å². The van der Waals surface area contributed by atoms with Crippen molar-refractivity contribution < 1.29 is 25.8 Å². The van der Waals surface area contributed by atoms with Gasteiger partial charge in [0.15, 0.2) is 0 Å². The minimum Gasteiger partial charge on any atom is -0.497 e. The van der Waals surface area contributed by atoms with E-state index in [-0.39, 0.29) is 21.1 Å². The third-order valence-corrected chi connectivity index (χ3v) is 7.53. The number of benzene rings is 3. The fourth-order valence-corrected chi connectivity index (χ4v) is 5.71.